The molecule has 64 heavy (non-hydrogen) atoms. The molecule has 312 valence electrons. The van der Waals surface area contributed by atoms with Crippen LogP contribution in [0.15, 0.2) is 164 Å². The summed E-state index contributed by atoms with van der Waals surface area (Å²) in [7, 11) is 0.723. The molecule has 0 atom stereocenters. The molecule has 0 amide bonds. The Balaban J connectivity index is 1.12. The molecule has 3 heterocycles. The van der Waals surface area contributed by atoms with Crippen molar-refractivity contribution in [2.45, 2.75) is 70.6 Å². The molecule has 8 aromatic rings. The lowest BCUT2D eigenvalue weighted by molar-refractivity contribution is 0.332. The standard InChI is InChI=1S/C59H51BN2O2/c1-36-30-41(40-22-17-24-43-56(40)61-47-25-14-13-23-42(47)59(43,38-18-9-7-10-19-38)39-20-11-8-12-21-39)55-50(31-36)62(48-33-45-44(32-37(48)2)57(3,4)28-29-58(45,5)6)49-35-54-53(34-46(49)60-55)63-51-26-15-16-27-52(51)64-54/h7-27,30-35,60-61H,28-29H2,1-6H3. The summed E-state index contributed by atoms with van der Waals surface area (Å²) < 4.78 is 13.3. The Morgan fingerprint density at radius 2 is 1.09 bits per heavy atom. The Hall–Kier alpha value is -6.98. The number of hydrogen-bond acceptors (Lipinski definition) is 4. The van der Waals surface area contributed by atoms with E-state index < -0.39 is 5.41 Å². The van der Waals surface area contributed by atoms with Crippen molar-refractivity contribution in [1.29, 1.82) is 0 Å². The van der Waals surface area contributed by atoms with Crippen LogP contribution in [0.1, 0.15) is 85.0 Å². The summed E-state index contributed by atoms with van der Waals surface area (Å²) in [5.41, 5.74) is 20.6. The SMILES string of the molecule is Cc1cc(-c2cccc3c2Nc2ccccc2C3(c2ccccc2)c2ccccc2)c2c(c1)N(c1cc3c(cc1C)C(C)(C)CCC3(C)C)c1cc3c(cc1B2)Oc1ccccc1O3. The number of nitrogens with one attached hydrogen (secondary N) is 1. The molecule has 0 saturated carbocycles. The molecule has 0 radical (unpaired) electrons. The molecule has 1 aliphatic carbocycles. The highest BCUT2D eigenvalue weighted by molar-refractivity contribution is 6.73. The third-order valence-electron chi connectivity index (χ3n) is 14.8. The monoisotopic (exact) mass is 830 g/mol. The van der Waals surface area contributed by atoms with Crippen LogP contribution < -0.4 is 30.6 Å². The van der Waals surface area contributed by atoms with Crippen LogP contribution in [-0.4, -0.2) is 7.28 Å². The number of fused-ring (bicyclic) bond motifs is 7. The Kier molecular flexibility index (Phi) is 8.47. The van der Waals surface area contributed by atoms with Crippen molar-refractivity contribution in [3.05, 3.63) is 208 Å². The zero-order valence-electron chi connectivity index (χ0n) is 37.5. The first-order chi connectivity index (χ1) is 31.0. The van der Waals surface area contributed by atoms with E-state index in [4.69, 9.17) is 9.47 Å². The molecule has 0 bridgehead atoms. The molecule has 1 N–H and O–H groups in total. The summed E-state index contributed by atoms with van der Waals surface area (Å²) in [4.78, 5) is 2.54. The summed E-state index contributed by atoms with van der Waals surface area (Å²) in [5.74, 6) is 2.94. The fraction of sp³-hybridized carbons (Fsp3) is 0.186. The molecule has 8 aromatic carbocycles. The number of hydrogen-bond donors (Lipinski definition) is 1. The number of rotatable bonds is 4. The van der Waals surface area contributed by atoms with Crippen molar-refractivity contribution in [2.75, 3.05) is 10.2 Å². The van der Waals surface area contributed by atoms with Gasteiger partial charge in [-0.3, -0.25) is 0 Å². The summed E-state index contributed by atoms with van der Waals surface area (Å²) in [5, 5.41) is 4.05. The average Bonchev–Trinajstić information content (AvgIpc) is 3.30. The highest BCUT2D eigenvalue weighted by Crippen LogP contribution is 2.57. The van der Waals surface area contributed by atoms with Crippen molar-refractivity contribution in [3.63, 3.8) is 0 Å². The number of para-hydroxylation sites is 4. The Morgan fingerprint density at radius 3 is 1.78 bits per heavy atom. The average molecular weight is 831 g/mol. The maximum Gasteiger partial charge on any atom is 0.198 e. The Labute approximate surface area is 377 Å². The lowest BCUT2D eigenvalue weighted by atomic mass is 9.57. The molecular formula is C59H51BN2O2. The van der Waals surface area contributed by atoms with E-state index in [1.54, 1.807) is 0 Å². The van der Waals surface area contributed by atoms with Gasteiger partial charge in [0.25, 0.3) is 0 Å². The molecule has 4 nitrogen and oxygen atoms in total. The highest BCUT2D eigenvalue weighted by atomic mass is 16.6. The van der Waals surface area contributed by atoms with Crippen LogP contribution in [-0.2, 0) is 16.2 Å². The molecule has 4 aliphatic rings. The molecule has 12 rings (SSSR count). The molecule has 3 aliphatic heterocycles. The summed E-state index contributed by atoms with van der Waals surface area (Å²) >= 11 is 0. The van der Waals surface area contributed by atoms with Gasteiger partial charge in [0, 0.05) is 34.4 Å². The van der Waals surface area contributed by atoms with Crippen LogP contribution in [0, 0.1) is 13.8 Å². The van der Waals surface area contributed by atoms with E-state index in [0.29, 0.717) is 0 Å². The first kappa shape index (κ1) is 38.7. The molecule has 0 spiro atoms. The van der Waals surface area contributed by atoms with Gasteiger partial charge in [0.2, 0.25) is 0 Å². The third kappa shape index (κ3) is 5.69. The fourth-order valence-electron chi connectivity index (χ4n) is 11.5. The molecular weight excluding hydrogens is 779 g/mol. The largest absolute Gasteiger partial charge is 0.450 e. The van der Waals surface area contributed by atoms with E-state index in [0.717, 1.165) is 53.8 Å². The van der Waals surface area contributed by atoms with E-state index in [2.05, 4.69) is 191 Å². The second kappa shape index (κ2) is 14.0. The van der Waals surface area contributed by atoms with Crippen molar-refractivity contribution >= 4 is 46.6 Å². The number of ether oxygens (including phenoxy) is 2. The third-order valence-corrected chi connectivity index (χ3v) is 14.8. The van der Waals surface area contributed by atoms with Gasteiger partial charge in [-0.2, -0.15) is 0 Å². The van der Waals surface area contributed by atoms with Gasteiger partial charge < -0.3 is 19.7 Å². The van der Waals surface area contributed by atoms with Gasteiger partial charge in [-0.15, -0.1) is 0 Å². The van der Waals surface area contributed by atoms with Crippen LogP contribution in [0.2, 0.25) is 0 Å². The van der Waals surface area contributed by atoms with Crippen LogP contribution in [0.4, 0.5) is 28.4 Å². The fourth-order valence-corrected chi connectivity index (χ4v) is 11.5. The van der Waals surface area contributed by atoms with Crippen LogP contribution in [0.25, 0.3) is 11.1 Å². The van der Waals surface area contributed by atoms with Crippen molar-refractivity contribution < 1.29 is 9.47 Å². The lowest BCUT2D eigenvalue weighted by Gasteiger charge is -2.44. The van der Waals surface area contributed by atoms with E-state index in [1.807, 2.05) is 24.3 Å². The summed E-state index contributed by atoms with van der Waals surface area (Å²) in [6, 6.07) is 60.1. The normalized spacial score (nSPS) is 16.4. The molecule has 0 unspecified atom stereocenters. The first-order valence-electron chi connectivity index (χ1n) is 22.8. The van der Waals surface area contributed by atoms with Crippen molar-refractivity contribution in [2.24, 2.45) is 0 Å². The number of nitrogens with zero attached hydrogens (tertiary/aromatic N) is 1. The predicted octanol–water partition coefficient (Wildman–Crippen LogP) is 13.8. The van der Waals surface area contributed by atoms with Crippen LogP contribution in [0.3, 0.4) is 0 Å². The highest BCUT2D eigenvalue weighted by Gasteiger charge is 2.45. The smallest absolute Gasteiger partial charge is 0.198 e. The number of aryl methyl sites for hydroxylation is 2. The zero-order valence-corrected chi connectivity index (χ0v) is 37.5. The van der Waals surface area contributed by atoms with Gasteiger partial charge >= 0.3 is 0 Å². The van der Waals surface area contributed by atoms with Crippen molar-refractivity contribution in [1.82, 2.24) is 0 Å². The van der Waals surface area contributed by atoms with E-state index in [9.17, 15) is 0 Å². The van der Waals surface area contributed by atoms with E-state index in [-0.39, 0.29) is 10.8 Å². The minimum atomic E-state index is -0.564. The summed E-state index contributed by atoms with van der Waals surface area (Å²) in [6.45, 7) is 14.2. The number of benzene rings is 8. The molecule has 0 saturated heterocycles. The molecule has 5 heteroatoms. The second-order valence-electron chi connectivity index (χ2n) is 19.7. The minimum absolute atomic E-state index is 0.0398. The molecule has 0 fully saturated rings. The van der Waals surface area contributed by atoms with Gasteiger partial charge in [0.05, 0.1) is 11.1 Å². The van der Waals surface area contributed by atoms with Crippen LogP contribution >= 0.6 is 0 Å². The topological polar surface area (TPSA) is 33.7 Å². The van der Waals surface area contributed by atoms with Crippen LogP contribution in [0.5, 0.6) is 23.0 Å². The summed E-state index contributed by atoms with van der Waals surface area (Å²) in [6.07, 6.45) is 2.32. The van der Waals surface area contributed by atoms with Gasteiger partial charge in [-0.25, -0.2) is 0 Å². The zero-order chi connectivity index (χ0) is 43.5. The van der Waals surface area contributed by atoms with Gasteiger partial charge in [-0.1, -0.05) is 154 Å². The van der Waals surface area contributed by atoms with E-state index >= 15 is 0 Å². The Bertz CT molecular complexity index is 3170. The van der Waals surface area contributed by atoms with Gasteiger partial charge in [0.15, 0.2) is 30.3 Å². The number of anilines is 5. The van der Waals surface area contributed by atoms with E-state index in [1.165, 1.54) is 84.4 Å². The van der Waals surface area contributed by atoms with Gasteiger partial charge in [-0.05, 0) is 129 Å². The van der Waals surface area contributed by atoms with Crippen molar-refractivity contribution in [3.8, 4) is 34.1 Å². The lowest BCUT2D eigenvalue weighted by Crippen LogP contribution is -2.42. The second-order valence-corrected chi connectivity index (χ2v) is 19.7. The maximum absolute atomic E-state index is 6.64. The first-order valence-corrected chi connectivity index (χ1v) is 22.8. The minimum Gasteiger partial charge on any atom is -0.450 e. The molecule has 0 aromatic heterocycles. The maximum atomic E-state index is 6.64. The quantitative estimate of drug-likeness (QED) is 0.179. The predicted molar refractivity (Wildman–Crippen MR) is 266 cm³/mol. The van der Waals surface area contributed by atoms with Gasteiger partial charge in [0.1, 0.15) is 0 Å². The Morgan fingerprint density at radius 1 is 0.500 bits per heavy atom.